The molecule has 2 rings (SSSR count). The van der Waals surface area contributed by atoms with Crippen LogP contribution in [0.1, 0.15) is 37.4 Å². The first-order valence-corrected chi connectivity index (χ1v) is 8.67. The first-order valence-electron chi connectivity index (χ1n) is 7.42. The minimum atomic E-state index is -2.16. The molecule has 0 spiro atoms. The van der Waals surface area contributed by atoms with Crippen molar-refractivity contribution in [3.63, 3.8) is 0 Å². The molecule has 3 nitrogen and oxygen atoms in total. The fourth-order valence-corrected chi connectivity index (χ4v) is 3.06. The molecule has 0 atom stereocenters. The van der Waals surface area contributed by atoms with Crippen molar-refractivity contribution in [3.8, 4) is 0 Å². The molecule has 0 radical (unpaired) electrons. The van der Waals surface area contributed by atoms with Gasteiger partial charge in [0.1, 0.15) is 6.04 Å². The van der Waals surface area contributed by atoms with Crippen molar-refractivity contribution in [1.29, 1.82) is 0 Å². The first-order chi connectivity index (χ1) is 10.6. The Labute approximate surface area is 133 Å². The van der Waals surface area contributed by atoms with Crippen LogP contribution in [0.4, 0.5) is 0 Å². The van der Waals surface area contributed by atoms with Gasteiger partial charge in [0, 0.05) is 0 Å². The van der Waals surface area contributed by atoms with E-state index in [1.165, 1.54) is 0 Å². The van der Waals surface area contributed by atoms with Gasteiger partial charge in [-0.25, -0.2) is 0 Å². The largest absolute Gasteiger partial charge is 0.346 e. The van der Waals surface area contributed by atoms with Crippen molar-refractivity contribution in [2.45, 2.75) is 26.3 Å². The Kier molecular flexibility index (Phi) is 6.26. The number of hydrogen-bond acceptors (Lipinski definition) is 3. The zero-order valence-corrected chi connectivity index (χ0v) is 13.8. The Bertz CT molecular complexity index is 557. The third-order valence-corrected chi connectivity index (χ3v) is 4.09. The summed E-state index contributed by atoms with van der Waals surface area (Å²) in [7, 11) is -2.16. The lowest BCUT2D eigenvalue weighted by atomic mass is 9.99. The predicted octanol–water partition coefficient (Wildman–Crippen LogP) is 4.52. The van der Waals surface area contributed by atoms with E-state index in [-0.39, 0.29) is 6.04 Å². The van der Waals surface area contributed by atoms with E-state index >= 15 is 0 Å². The zero-order chi connectivity index (χ0) is 15.9. The summed E-state index contributed by atoms with van der Waals surface area (Å²) in [4.78, 5) is 24.1. The van der Waals surface area contributed by atoms with Crippen molar-refractivity contribution in [2.24, 2.45) is 10.9 Å². The molecular weight excluding hydrogens is 293 g/mol. The number of benzene rings is 2. The minimum Gasteiger partial charge on any atom is -0.346 e. The average molecular weight is 315 g/mol. The van der Waals surface area contributed by atoms with E-state index in [1.807, 2.05) is 74.5 Å². The standard InChI is InChI=1S/C18H22NO2P/c1-14(2)13-17(22(20)21)19-18(15-9-5-3-6-10-15)16-11-7-4-8-12-16/h3-12,14,18,20-21H,13H2,1-2H3. The molecule has 0 unspecified atom stereocenters. The van der Waals surface area contributed by atoms with E-state index in [9.17, 15) is 9.79 Å². The second-order valence-corrected chi connectivity index (χ2v) is 6.75. The quantitative estimate of drug-likeness (QED) is 0.608. The van der Waals surface area contributed by atoms with Gasteiger partial charge in [-0.1, -0.05) is 74.5 Å². The Morgan fingerprint density at radius 1 is 0.909 bits per heavy atom. The molecule has 116 valence electrons. The Morgan fingerprint density at radius 3 is 1.73 bits per heavy atom. The van der Waals surface area contributed by atoms with E-state index in [1.54, 1.807) is 0 Å². The lowest BCUT2D eigenvalue weighted by Crippen LogP contribution is -2.06. The molecule has 0 aromatic heterocycles. The zero-order valence-electron chi connectivity index (χ0n) is 12.9. The lowest BCUT2D eigenvalue weighted by molar-refractivity contribution is 0.496. The molecule has 4 heteroatoms. The second-order valence-electron chi connectivity index (χ2n) is 5.66. The molecule has 2 aromatic carbocycles. The first kappa shape index (κ1) is 16.8. The number of hydrogen-bond donors (Lipinski definition) is 2. The van der Waals surface area contributed by atoms with Crippen molar-refractivity contribution in [2.75, 3.05) is 0 Å². The summed E-state index contributed by atoms with van der Waals surface area (Å²) in [6.45, 7) is 4.10. The van der Waals surface area contributed by atoms with E-state index in [0.717, 1.165) is 11.1 Å². The third kappa shape index (κ3) is 4.74. The molecule has 0 saturated heterocycles. The lowest BCUT2D eigenvalue weighted by Gasteiger charge is -2.18. The number of aliphatic imine (C=N–C) groups is 1. The van der Waals surface area contributed by atoms with Crippen LogP contribution >= 0.6 is 8.38 Å². The molecule has 0 amide bonds. The predicted molar refractivity (Wildman–Crippen MR) is 93.0 cm³/mol. The highest BCUT2D eigenvalue weighted by Gasteiger charge is 2.18. The fourth-order valence-electron chi connectivity index (χ4n) is 2.31. The molecular formula is C18H22NO2P. The van der Waals surface area contributed by atoms with Crippen LogP contribution < -0.4 is 0 Å². The van der Waals surface area contributed by atoms with Crippen molar-refractivity contribution >= 4 is 13.8 Å². The summed E-state index contributed by atoms with van der Waals surface area (Å²) >= 11 is 0. The van der Waals surface area contributed by atoms with Gasteiger partial charge in [0.2, 0.25) is 8.38 Å². The summed E-state index contributed by atoms with van der Waals surface area (Å²) in [5.41, 5.74) is 2.58. The third-order valence-electron chi connectivity index (χ3n) is 3.33. The molecule has 0 aliphatic carbocycles. The molecule has 0 bridgehead atoms. The molecule has 0 fully saturated rings. The molecule has 22 heavy (non-hydrogen) atoms. The van der Waals surface area contributed by atoms with Crippen molar-refractivity contribution in [1.82, 2.24) is 0 Å². The highest BCUT2D eigenvalue weighted by atomic mass is 31.2. The summed E-state index contributed by atoms with van der Waals surface area (Å²) < 4.78 is 0. The van der Waals surface area contributed by atoms with Crippen LogP contribution in [0.25, 0.3) is 0 Å². The molecule has 0 aliphatic rings. The SMILES string of the molecule is CC(C)CC(=NC(c1ccccc1)c1ccccc1)P(O)O. The highest BCUT2D eigenvalue weighted by Crippen LogP contribution is 2.35. The van der Waals surface area contributed by atoms with E-state index in [4.69, 9.17) is 4.99 Å². The van der Waals surface area contributed by atoms with Crippen LogP contribution in [0.2, 0.25) is 0 Å². The van der Waals surface area contributed by atoms with Gasteiger partial charge in [-0.05, 0) is 23.5 Å². The Morgan fingerprint density at radius 2 is 1.36 bits per heavy atom. The minimum absolute atomic E-state index is 0.208. The van der Waals surface area contributed by atoms with Crippen LogP contribution in [0, 0.1) is 5.92 Å². The van der Waals surface area contributed by atoms with Gasteiger partial charge >= 0.3 is 0 Å². The van der Waals surface area contributed by atoms with E-state index in [0.29, 0.717) is 17.8 Å². The van der Waals surface area contributed by atoms with E-state index in [2.05, 4.69) is 0 Å². The molecule has 0 saturated carbocycles. The van der Waals surface area contributed by atoms with Gasteiger partial charge in [-0.3, -0.25) is 4.99 Å². The Hall–Kier alpha value is -1.54. The molecule has 0 aliphatic heterocycles. The maximum Gasteiger partial charge on any atom is 0.214 e. The average Bonchev–Trinajstić information content (AvgIpc) is 2.52. The fraction of sp³-hybridized carbons (Fsp3) is 0.278. The van der Waals surface area contributed by atoms with E-state index < -0.39 is 8.38 Å². The maximum absolute atomic E-state index is 9.69. The maximum atomic E-state index is 9.69. The van der Waals surface area contributed by atoms with Crippen LogP contribution in [-0.2, 0) is 0 Å². The topological polar surface area (TPSA) is 52.8 Å². The summed E-state index contributed by atoms with van der Waals surface area (Å²) in [6, 6.07) is 19.7. The molecule has 0 heterocycles. The highest BCUT2D eigenvalue weighted by molar-refractivity contribution is 7.64. The normalized spacial score (nSPS) is 12.4. The van der Waals surface area contributed by atoms with Crippen LogP contribution in [0.15, 0.2) is 65.7 Å². The van der Waals surface area contributed by atoms with Gasteiger partial charge in [0.25, 0.3) is 0 Å². The van der Waals surface area contributed by atoms with Gasteiger partial charge in [-0.2, -0.15) is 0 Å². The van der Waals surface area contributed by atoms with Crippen molar-refractivity contribution < 1.29 is 9.79 Å². The summed E-state index contributed by atoms with van der Waals surface area (Å²) in [6.07, 6.45) is 0.592. The number of rotatable bonds is 6. The Balaban J connectivity index is 2.44. The molecule has 2 N–H and O–H groups in total. The van der Waals surface area contributed by atoms with Gasteiger partial charge < -0.3 is 9.79 Å². The number of nitrogens with zero attached hydrogens (tertiary/aromatic N) is 1. The van der Waals surface area contributed by atoms with Gasteiger partial charge in [0.15, 0.2) is 0 Å². The smallest absolute Gasteiger partial charge is 0.214 e. The summed E-state index contributed by atoms with van der Waals surface area (Å²) in [5, 5.41) is 0. The second kappa shape index (κ2) is 8.19. The molecule has 2 aromatic rings. The summed E-state index contributed by atoms with van der Waals surface area (Å²) in [5.74, 6) is 0.329. The van der Waals surface area contributed by atoms with Crippen LogP contribution in [0.3, 0.4) is 0 Å². The monoisotopic (exact) mass is 315 g/mol. The van der Waals surface area contributed by atoms with Crippen molar-refractivity contribution in [3.05, 3.63) is 71.8 Å². The van der Waals surface area contributed by atoms with Gasteiger partial charge in [0.05, 0.1) is 5.45 Å². The van der Waals surface area contributed by atoms with Crippen LogP contribution in [0.5, 0.6) is 0 Å². The van der Waals surface area contributed by atoms with Gasteiger partial charge in [-0.15, -0.1) is 0 Å². The van der Waals surface area contributed by atoms with Crippen LogP contribution in [-0.4, -0.2) is 15.2 Å².